The quantitative estimate of drug-likeness (QED) is 0.0197. The van der Waals surface area contributed by atoms with Gasteiger partial charge in [-0.1, -0.05) is 246 Å². The largest absolute Gasteiger partial charge is 0.472 e. The Morgan fingerprint density at radius 1 is 0.382 bits per heavy atom. The van der Waals surface area contributed by atoms with E-state index in [4.69, 9.17) is 23.3 Å². The van der Waals surface area contributed by atoms with Crippen molar-refractivity contribution in [2.75, 3.05) is 26.4 Å². The minimum Gasteiger partial charge on any atom is -0.462 e. The van der Waals surface area contributed by atoms with Gasteiger partial charge in [0.1, 0.15) is 12.7 Å². The number of hydrogen-bond acceptors (Lipinski definition) is 10. The molecule has 3 atom stereocenters. The van der Waals surface area contributed by atoms with E-state index in [1.807, 2.05) is 12.2 Å². The van der Waals surface area contributed by atoms with Gasteiger partial charge >= 0.3 is 25.7 Å². The molecule has 0 bridgehead atoms. The average molecular weight is 1090 g/mol. The summed E-state index contributed by atoms with van der Waals surface area (Å²) in [5.41, 5.74) is 0. The van der Waals surface area contributed by atoms with Gasteiger partial charge in [-0.05, 0) is 83.5 Å². The highest BCUT2D eigenvalue weighted by molar-refractivity contribution is 7.47. The van der Waals surface area contributed by atoms with E-state index >= 15 is 0 Å². The summed E-state index contributed by atoms with van der Waals surface area (Å²) in [6.45, 7) is 4.38. The molecule has 0 radical (unpaired) electrons. The molecule has 0 rings (SSSR count). The zero-order chi connectivity index (χ0) is 55.5. The van der Waals surface area contributed by atoms with E-state index in [0.717, 1.165) is 109 Å². The summed E-state index contributed by atoms with van der Waals surface area (Å²) < 4.78 is 39.5. The van der Waals surface area contributed by atoms with Crippen LogP contribution in [0.25, 0.3) is 0 Å². The number of hydrogen-bond donors (Lipinski definition) is 2. The van der Waals surface area contributed by atoms with E-state index in [0.29, 0.717) is 19.3 Å². The molecule has 0 aromatic rings. The first-order valence-electron chi connectivity index (χ1n) is 30.1. The van der Waals surface area contributed by atoms with Gasteiger partial charge in [0.25, 0.3) is 0 Å². The second kappa shape index (κ2) is 57.6. The smallest absolute Gasteiger partial charge is 0.462 e. The summed E-state index contributed by atoms with van der Waals surface area (Å²) in [4.78, 5) is 48.6. The number of phosphoric acid groups is 1. The third-order valence-electron chi connectivity index (χ3n) is 12.5. The van der Waals surface area contributed by atoms with Gasteiger partial charge in [0.2, 0.25) is 0 Å². The van der Waals surface area contributed by atoms with E-state index in [2.05, 4.69) is 106 Å². The number of allylic oxidation sites excluding steroid dienone is 16. The number of aliphatic hydroxyl groups excluding tert-OH is 1. The molecule has 76 heavy (non-hydrogen) atoms. The molecule has 3 unspecified atom stereocenters. The monoisotopic (exact) mass is 1080 g/mol. The van der Waals surface area contributed by atoms with Crippen molar-refractivity contribution < 1.29 is 52.2 Å². The third-order valence-corrected chi connectivity index (χ3v) is 13.4. The van der Waals surface area contributed by atoms with E-state index in [1.54, 1.807) is 0 Å². The Kier molecular flexibility index (Phi) is 54.8. The van der Waals surface area contributed by atoms with Crippen LogP contribution < -0.4 is 0 Å². The van der Waals surface area contributed by atoms with Crippen LogP contribution in [0, 0.1) is 0 Å². The van der Waals surface area contributed by atoms with Crippen LogP contribution >= 0.6 is 7.82 Å². The molecule has 0 heterocycles. The first-order chi connectivity index (χ1) is 37.2. The van der Waals surface area contributed by atoms with Crippen molar-refractivity contribution in [3.8, 4) is 0 Å². The zero-order valence-electron chi connectivity index (χ0n) is 48.2. The Balaban J connectivity index is 4.83. The molecule has 12 heteroatoms. The molecule has 11 nitrogen and oxygen atoms in total. The minimum absolute atomic E-state index is 0.0985. The molecule has 0 saturated heterocycles. The number of carbonyl (C=O) groups is 3. The second-order valence-corrected chi connectivity index (χ2v) is 21.2. The maximum absolute atomic E-state index is 12.9. The summed E-state index contributed by atoms with van der Waals surface area (Å²) >= 11 is 0. The number of phosphoric ester groups is 1. The Morgan fingerprint density at radius 3 is 1.16 bits per heavy atom. The van der Waals surface area contributed by atoms with Crippen molar-refractivity contribution in [1.82, 2.24) is 0 Å². The Morgan fingerprint density at radius 2 is 0.737 bits per heavy atom. The molecule has 0 fully saturated rings. The van der Waals surface area contributed by atoms with E-state index < -0.39 is 57.8 Å². The van der Waals surface area contributed by atoms with Crippen molar-refractivity contribution in [3.05, 3.63) is 97.2 Å². The van der Waals surface area contributed by atoms with Crippen LogP contribution in [0.5, 0.6) is 0 Å². The lowest BCUT2D eigenvalue weighted by Gasteiger charge is -2.21. The highest BCUT2D eigenvalue weighted by atomic mass is 31.2. The lowest BCUT2D eigenvalue weighted by molar-refractivity contribution is -0.161. The molecule has 2 N–H and O–H groups in total. The van der Waals surface area contributed by atoms with Crippen molar-refractivity contribution in [1.29, 1.82) is 0 Å². The van der Waals surface area contributed by atoms with Crippen molar-refractivity contribution in [2.45, 2.75) is 264 Å². The molecule has 0 aliphatic heterocycles. The fourth-order valence-corrected chi connectivity index (χ4v) is 8.73. The molecule has 0 aliphatic carbocycles. The first kappa shape index (κ1) is 72.4. The molecule has 436 valence electrons. The fourth-order valence-electron chi connectivity index (χ4n) is 7.95. The summed E-state index contributed by atoms with van der Waals surface area (Å²) in [7, 11) is -4.77. The summed E-state index contributed by atoms with van der Waals surface area (Å²) in [5, 5.41) is 9.81. The fraction of sp³-hybridized carbons (Fsp3) is 0.703. The van der Waals surface area contributed by atoms with Crippen molar-refractivity contribution in [3.63, 3.8) is 0 Å². The molecule has 0 aromatic heterocycles. The number of ether oxygens (including phenoxy) is 3. The van der Waals surface area contributed by atoms with Crippen molar-refractivity contribution in [2.24, 2.45) is 0 Å². The van der Waals surface area contributed by atoms with Crippen LogP contribution in [-0.2, 0) is 42.2 Å². The Labute approximate surface area is 463 Å². The van der Waals surface area contributed by atoms with Crippen LogP contribution in [0.4, 0.5) is 0 Å². The number of esters is 3. The van der Waals surface area contributed by atoms with Gasteiger partial charge in [-0.15, -0.1) is 0 Å². The molecule has 0 saturated carbocycles. The summed E-state index contributed by atoms with van der Waals surface area (Å²) in [5.74, 6) is -1.58. The van der Waals surface area contributed by atoms with Gasteiger partial charge in [-0.2, -0.15) is 0 Å². The third kappa shape index (κ3) is 55.2. The zero-order valence-corrected chi connectivity index (χ0v) is 49.1. The van der Waals surface area contributed by atoms with Crippen molar-refractivity contribution >= 4 is 25.7 Å². The maximum atomic E-state index is 12.9. The molecule has 0 aliphatic rings. The van der Waals surface area contributed by atoms with Gasteiger partial charge in [0, 0.05) is 19.3 Å². The minimum atomic E-state index is -4.77. The molecule has 0 aromatic carbocycles. The summed E-state index contributed by atoms with van der Waals surface area (Å²) in [6.07, 6.45) is 68.1. The van der Waals surface area contributed by atoms with Crippen LogP contribution in [-0.4, -0.2) is 66.5 Å². The second-order valence-electron chi connectivity index (χ2n) is 19.8. The normalized spacial score (nSPS) is 14.0. The molecule has 0 amide bonds. The van der Waals surface area contributed by atoms with E-state index in [9.17, 15) is 28.9 Å². The average Bonchev–Trinajstić information content (AvgIpc) is 3.41. The Hall–Kier alpha value is -3.60. The predicted molar refractivity (Wildman–Crippen MR) is 316 cm³/mol. The molecule has 0 spiro atoms. The lowest BCUT2D eigenvalue weighted by Crippen LogP contribution is -2.30. The SMILES string of the molecule is CC/C=C\C/C=C\C/C=C\C/C=C\C/C=C\C/C=C\CCC(=O)OCC(COP(=O)(O)OCC(CO)OC(=O)CCCCCCC/C=C\C/C=C\CCC)OC(=O)CCCCCCCCCCCCCCCCCCC. The van der Waals surface area contributed by atoms with Gasteiger partial charge < -0.3 is 24.2 Å². The first-order valence-corrected chi connectivity index (χ1v) is 31.6. The van der Waals surface area contributed by atoms with Gasteiger partial charge in [-0.3, -0.25) is 23.4 Å². The number of rotatable bonds is 55. The van der Waals surface area contributed by atoms with E-state index in [-0.39, 0.29) is 25.9 Å². The Bertz CT molecular complexity index is 1640. The number of unbranched alkanes of at least 4 members (excludes halogenated alkanes) is 22. The maximum Gasteiger partial charge on any atom is 0.472 e. The lowest BCUT2D eigenvalue weighted by atomic mass is 10.0. The van der Waals surface area contributed by atoms with Crippen LogP contribution in [0.3, 0.4) is 0 Å². The topological polar surface area (TPSA) is 155 Å². The van der Waals surface area contributed by atoms with Gasteiger partial charge in [0.15, 0.2) is 6.10 Å². The van der Waals surface area contributed by atoms with E-state index in [1.165, 1.54) is 83.5 Å². The van der Waals surface area contributed by atoms with Gasteiger partial charge in [0.05, 0.1) is 19.8 Å². The van der Waals surface area contributed by atoms with Crippen LogP contribution in [0.15, 0.2) is 97.2 Å². The van der Waals surface area contributed by atoms with Crippen LogP contribution in [0.1, 0.15) is 252 Å². The summed E-state index contributed by atoms with van der Waals surface area (Å²) in [6, 6.07) is 0. The highest BCUT2D eigenvalue weighted by Crippen LogP contribution is 2.43. The van der Waals surface area contributed by atoms with Gasteiger partial charge in [-0.25, -0.2) is 4.57 Å². The number of carbonyl (C=O) groups excluding carboxylic acids is 3. The predicted octanol–water partition coefficient (Wildman–Crippen LogP) is 18.0. The molecular weight excluding hydrogens is 976 g/mol. The highest BCUT2D eigenvalue weighted by Gasteiger charge is 2.28. The number of aliphatic hydroxyl groups is 1. The van der Waals surface area contributed by atoms with Crippen LogP contribution in [0.2, 0.25) is 0 Å². The molecular formula is C64H109O11P. The standard InChI is InChI=1S/C64H109O11P/c1-4-7-10-13-16-19-22-25-27-29-30-32-33-36-38-41-44-47-50-53-62(66)71-57-61(75-64(68)55-52-49-46-43-40-37-34-31-28-26-23-20-17-14-11-8-5-2)59-73-76(69,70)72-58-60(56-65)74-63(67)54-51-48-45-42-39-35-24-21-18-15-12-9-6-3/h7,10,12,15-16,19,21,24-25,27,30,32,36,38,44,47,60-61,65H,4-6,8-9,11,13-14,17-18,20,22-23,26,28-29,31,33-35,37,39-43,45-46,48-59H2,1-3H3,(H,69,70)/b10-7-,15-12-,19-16-,24-21-,27-25-,32-30-,38-36-,47-44-.